The van der Waals surface area contributed by atoms with E-state index in [1.54, 1.807) is 11.8 Å². The van der Waals surface area contributed by atoms with Crippen molar-refractivity contribution < 1.29 is 0 Å². The molecule has 5 heteroatoms. The molecule has 0 amide bonds. The van der Waals surface area contributed by atoms with Gasteiger partial charge < -0.3 is 10.2 Å². The van der Waals surface area contributed by atoms with Crippen LogP contribution >= 0.6 is 11.8 Å². The zero-order valence-corrected chi connectivity index (χ0v) is 11.3. The highest BCUT2D eigenvalue weighted by Gasteiger charge is 2.08. The Bertz CT molecular complexity index is 326. The summed E-state index contributed by atoms with van der Waals surface area (Å²) < 4.78 is 0. The molecule has 0 unspecified atom stereocenters. The summed E-state index contributed by atoms with van der Waals surface area (Å²) in [4.78, 5) is 11.1. The Hall–Kier alpha value is -0.970. The van der Waals surface area contributed by atoms with Gasteiger partial charge in [-0.3, -0.25) is 0 Å². The number of hydrogen-bond donors (Lipinski definition) is 1. The van der Waals surface area contributed by atoms with Gasteiger partial charge >= 0.3 is 0 Å². The van der Waals surface area contributed by atoms with E-state index in [0.717, 1.165) is 36.4 Å². The van der Waals surface area contributed by atoms with Gasteiger partial charge in [0, 0.05) is 25.7 Å². The fourth-order valence-electron chi connectivity index (χ4n) is 1.49. The maximum absolute atomic E-state index is 4.51. The van der Waals surface area contributed by atoms with Gasteiger partial charge in [-0.2, -0.15) is 0 Å². The Labute approximate surface area is 102 Å². The van der Waals surface area contributed by atoms with Crippen LogP contribution in [0.1, 0.15) is 20.8 Å². The molecule has 1 aromatic heterocycles. The predicted molar refractivity (Wildman–Crippen MR) is 71.5 cm³/mol. The molecule has 0 radical (unpaired) electrons. The average Bonchev–Trinajstić information content (AvgIpc) is 2.31. The van der Waals surface area contributed by atoms with Gasteiger partial charge in [-0.1, -0.05) is 11.8 Å². The lowest BCUT2D eigenvalue weighted by Gasteiger charge is -2.20. The second kappa shape index (κ2) is 6.58. The fourth-order valence-corrected chi connectivity index (χ4v) is 1.86. The summed E-state index contributed by atoms with van der Waals surface area (Å²) in [5.41, 5.74) is 0. The third kappa shape index (κ3) is 3.27. The average molecular weight is 240 g/mol. The fraction of sp³-hybridized carbons (Fsp3) is 0.636. The molecule has 4 nitrogen and oxygen atoms in total. The van der Waals surface area contributed by atoms with Gasteiger partial charge in [0.25, 0.3) is 0 Å². The van der Waals surface area contributed by atoms with Gasteiger partial charge in [0.1, 0.15) is 11.6 Å². The van der Waals surface area contributed by atoms with Crippen LogP contribution in [-0.4, -0.2) is 35.9 Å². The summed E-state index contributed by atoms with van der Waals surface area (Å²) in [6, 6.07) is 2.01. The topological polar surface area (TPSA) is 41.0 Å². The third-order valence-corrected chi connectivity index (χ3v) is 2.87. The van der Waals surface area contributed by atoms with Gasteiger partial charge in [0.2, 0.25) is 0 Å². The maximum atomic E-state index is 4.51. The minimum atomic E-state index is 0.820. The van der Waals surface area contributed by atoms with Crippen LogP contribution in [0.4, 0.5) is 11.6 Å². The van der Waals surface area contributed by atoms with E-state index >= 15 is 0 Å². The van der Waals surface area contributed by atoms with Crippen LogP contribution < -0.4 is 10.2 Å². The standard InChI is InChI=1S/C11H20N4S/c1-5-12-9-8-10(15(6-2)7-3)14-11(13-9)16-4/h8H,5-7H2,1-4H3,(H,12,13,14). The molecule has 1 heterocycles. The van der Waals surface area contributed by atoms with Crippen molar-refractivity contribution >= 4 is 23.4 Å². The zero-order valence-electron chi connectivity index (χ0n) is 10.4. The summed E-state index contributed by atoms with van der Waals surface area (Å²) in [5, 5.41) is 4.05. The molecule has 0 saturated heterocycles. The highest BCUT2D eigenvalue weighted by Crippen LogP contribution is 2.20. The van der Waals surface area contributed by atoms with Gasteiger partial charge in [-0.25, -0.2) is 9.97 Å². The highest BCUT2D eigenvalue weighted by molar-refractivity contribution is 7.98. The molecule has 0 bridgehead atoms. The van der Waals surface area contributed by atoms with Gasteiger partial charge in [0.15, 0.2) is 5.16 Å². The first-order chi connectivity index (χ1) is 7.74. The largest absolute Gasteiger partial charge is 0.370 e. The van der Waals surface area contributed by atoms with Gasteiger partial charge in [-0.15, -0.1) is 0 Å². The molecule has 1 rings (SSSR count). The van der Waals surface area contributed by atoms with Crippen LogP contribution in [0.5, 0.6) is 0 Å². The second-order valence-electron chi connectivity index (χ2n) is 3.30. The monoisotopic (exact) mass is 240 g/mol. The maximum Gasteiger partial charge on any atom is 0.191 e. The minimum Gasteiger partial charge on any atom is -0.370 e. The van der Waals surface area contributed by atoms with Crippen molar-refractivity contribution in [1.82, 2.24) is 9.97 Å². The molecule has 0 aliphatic carbocycles. The SMILES string of the molecule is CCNc1cc(N(CC)CC)nc(SC)n1. The molecule has 0 aromatic carbocycles. The Morgan fingerprint density at radius 3 is 2.44 bits per heavy atom. The molecule has 1 aromatic rings. The molecule has 0 atom stereocenters. The number of aromatic nitrogens is 2. The molecule has 0 saturated carbocycles. The number of anilines is 2. The number of rotatable bonds is 6. The Morgan fingerprint density at radius 1 is 1.25 bits per heavy atom. The predicted octanol–water partition coefficient (Wildman–Crippen LogP) is 2.48. The summed E-state index contributed by atoms with van der Waals surface area (Å²) in [5.74, 6) is 1.91. The Morgan fingerprint density at radius 2 is 1.94 bits per heavy atom. The zero-order chi connectivity index (χ0) is 12.0. The van der Waals surface area contributed by atoms with Crippen molar-refractivity contribution in [2.75, 3.05) is 36.1 Å². The van der Waals surface area contributed by atoms with Crippen LogP contribution in [0.2, 0.25) is 0 Å². The summed E-state index contributed by atoms with van der Waals surface area (Å²) in [7, 11) is 0. The van der Waals surface area contributed by atoms with E-state index in [0.29, 0.717) is 0 Å². The molecular weight excluding hydrogens is 220 g/mol. The van der Waals surface area contributed by atoms with Gasteiger partial charge in [0.05, 0.1) is 0 Å². The number of nitrogens with one attached hydrogen (secondary N) is 1. The molecule has 0 spiro atoms. The molecule has 0 fully saturated rings. The van der Waals surface area contributed by atoms with Crippen LogP contribution in [-0.2, 0) is 0 Å². The lowest BCUT2D eigenvalue weighted by Crippen LogP contribution is -2.23. The smallest absolute Gasteiger partial charge is 0.191 e. The van der Waals surface area contributed by atoms with E-state index < -0.39 is 0 Å². The second-order valence-corrected chi connectivity index (χ2v) is 4.07. The number of thioether (sulfide) groups is 1. The van der Waals surface area contributed by atoms with Crippen molar-refractivity contribution in [3.8, 4) is 0 Å². The van der Waals surface area contributed by atoms with Crippen molar-refractivity contribution in [3.63, 3.8) is 0 Å². The number of nitrogens with zero attached hydrogens (tertiary/aromatic N) is 3. The van der Waals surface area contributed by atoms with E-state index in [1.807, 2.05) is 12.3 Å². The highest BCUT2D eigenvalue weighted by atomic mass is 32.2. The van der Waals surface area contributed by atoms with Crippen LogP contribution in [0, 0.1) is 0 Å². The van der Waals surface area contributed by atoms with E-state index in [-0.39, 0.29) is 0 Å². The third-order valence-electron chi connectivity index (χ3n) is 2.32. The van der Waals surface area contributed by atoms with Crippen LogP contribution in [0.25, 0.3) is 0 Å². The first-order valence-corrected chi connectivity index (χ1v) is 6.89. The van der Waals surface area contributed by atoms with Crippen LogP contribution in [0.15, 0.2) is 11.2 Å². The van der Waals surface area contributed by atoms with E-state index in [4.69, 9.17) is 0 Å². The van der Waals surface area contributed by atoms with Crippen molar-refractivity contribution in [2.24, 2.45) is 0 Å². The Kier molecular flexibility index (Phi) is 5.38. The van der Waals surface area contributed by atoms with Crippen LogP contribution in [0.3, 0.4) is 0 Å². The van der Waals surface area contributed by atoms with Gasteiger partial charge in [-0.05, 0) is 27.0 Å². The first kappa shape index (κ1) is 13.1. The quantitative estimate of drug-likeness (QED) is 0.611. The molecule has 90 valence electrons. The van der Waals surface area contributed by atoms with E-state index in [9.17, 15) is 0 Å². The molecule has 1 N–H and O–H groups in total. The molecule has 0 aliphatic rings. The van der Waals surface area contributed by atoms with E-state index in [2.05, 4.69) is 41.0 Å². The molecule has 0 aliphatic heterocycles. The lowest BCUT2D eigenvalue weighted by molar-refractivity contribution is 0.819. The summed E-state index contributed by atoms with van der Waals surface area (Å²) in [6.45, 7) is 9.15. The normalized spacial score (nSPS) is 10.2. The van der Waals surface area contributed by atoms with Crippen molar-refractivity contribution in [1.29, 1.82) is 0 Å². The molecule has 16 heavy (non-hydrogen) atoms. The molecular formula is C11H20N4S. The summed E-state index contributed by atoms with van der Waals surface area (Å²) >= 11 is 1.57. The van der Waals surface area contributed by atoms with E-state index in [1.165, 1.54) is 0 Å². The van der Waals surface area contributed by atoms with Crippen molar-refractivity contribution in [3.05, 3.63) is 6.07 Å². The minimum absolute atomic E-state index is 0.820. The first-order valence-electron chi connectivity index (χ1n) is 5.67. The summed E-state index contributed by atoms with van der Waals surface area (Å²) in [6.07, 6.45) is 2.00. The Balaban J connectivity index is 3.02. The van der Waals surface area contributed by atoms with Crippen molar-refractivity contribution in [2.45, 2.75) is 25.9 Å². The number of hydrogen-bond acceptors (Lipinski definition) is 5. The lowest BCUT2D eigenvalue weighted by atomic mass is 10.4.